The van der Waals surface area contributed by atoms with E-state index < -0.39 is 28.5 Å². The lowest BCUT2D eigenvalue weighted by Gasteiger charge is -2.33. The van der Waals surface area contributed by atoms with Crippen molar-refractivity contribution in [1.82, 2.24) is 10.2 Å². The number of amides is 2. The van der Waals surface area contributed by atoms with Crippen molar-refractivity contribution in [2.24, 2.45) is 0 Å². The molecule has 1 aliphatic rings. The first-order valence-corrected chi connectivity index (χ1v) is 14.6. The van der Waals surface area contributed by atoms with Crippen LogP contribution in [0.1, 0.15) is 44.6 Å². The zero-order valence-corrected chi connectivity index (χ0v) is 23.1. The Balaban J connectivity index is 1.85. The Bertz CT molecular complexity index is 1120. The van der Waals surface area contributed by atoms with Gasteiger partial charge in [-0.1, -0.05) is 58.9 Å². The molecule has 0 radical (unpaired) electrons. The number of nitrogens with zero attached hydrogens (tertiary/aromatic N) is 2. The van der Waals surface area contributed by atoms with Crippen molar-refractivity contribution in [2.45, 2.75) is 57.7 Å². The van der Waals surface area contributed by atoms with E-state index in [4.69, 9.17) is 11.6 Å². The standard InChI is InChI=1S/C25H31BrClN3O4S/c1-18(25(32)28-22-6-4-3-5-7-22)29(16-19-8-12-21(27)13-9-19)24(31)17-30(35(2,33)34)23-14-10-20(26)11-15-23/h8-15,18,22H,3-7,16-17H2,1-2H3,(H,28,32)/t18-/m1/s1. The quantitative estimate of drug-likeness (QED) is 0.462. The fourth-order valence-corrected chi connectivity index (χ4v) is 5.40. The summed E-state index contributed by atoms with van der Waals surface area (Å²) in [5, 5.41) is 3.64. The summed E-state index contributed by atoms with van der Waals surface area (Å²) in [6, 6.07) is 13.0. The van der Waals surface area contributed by atoms with E-state index in [1.54, 1.807) is 55.5 Å². The first-order valence-electron chi connectivity index (χ1n) is 11.6. The number of carbonyl (C=O) groups excluding carboxylic acids is 2. The van der Waals surface area contributed by atoms with Crippen LogP contribution in [0.4, 0.5) is 5.69 Å². The molecule has 1 N–H and O–H groups in total. The normalized spacial score (nSPS) is 15.3. The van der Waals surface area contributed by atoms with Gasteiger partial charge in [-0.15, -0.1) is 0 Å². The molecule has 190 valence electrons. The first-order chi connectivity index (χ1) is 16.5. The third-order valence-corrected chi connectivity index (χ3v) is 8.10. The van der Waals surface area contributed by atoms with Crippen LogP contribution in [-0.2, 0) is 26.2 Å². The highest BCUT2D eigenvalue weighted by molar-refractivity contribution is 9.10. The Morgan fingerprint density at radius 1 is 1.06 bits per heavy atom. The summed E-state index contributed by atoms with van der Waals surface area (Å²) in [4.78, 5) is 28.1. The Morgan fingerprint density at radius 3 is 2.23 bits per heavy atom. The lowest BCUT2D eigenvalue weighted by Crippen LogP contribution is -2.52. The second kappa shape index (κ2) is 12.2. The zero-order chi connectivity index (χ0) is 25.6. The molecule has 1 aliphatic carbocycles. The topological polar surface area (TPSA) is 86.8 Å². The molecule has 0 heterocycles. The van der Waals surface area contributed by atoms with E-state index in [2.05, 4.69) is 21.2 Å². The average Bonchev–Trinajstić information content (AvgIpc) is 2.82. The van der Waals surface area contributed by atoms with Crippen LogP contribution in [0, 0.1) is 0 Å². The van der Waals surface area contributed by atoms with Gasteiger partial charge in [-0.3, -0.25) is 13.9 Å². The van der Waals surface area contributed by atoms with Gasteiger partial charge in [0.1, 0.15) is 12.6 Å². The molecule has 0 aromatic heterocycles. The van der Waals surface area contributed by atoms with E-state index in [0.717, 1.165) is 46.3 Å². The summed E-state index contributed by atoms with van der Waals surface area (Å²) in [5.41, 5.74) is 1.16. The maximum Gasteiger partial charge on any atom is 0.244 e. The Labute approximate surface area is 221 Å². The van der Waals surface area contributed by atoms with Gasteiger partial charge in [-0.05, 0) is 61.7 Å². The van der Waals surface area contributed by atoms with E-state index in [9.17, 15) is 18.0 Å². The highest BCUT2D eigenvalue weighted by atomic mass is 79.9. The molecule has 2 aromatic carbocycles. The van der Waals surface area contributed by atoms with Gasteiger partial charge in [0.25, 0.3) is 0 Å². The minimum Gasteiger partial charge on any atom is -0.352 e. The number of benzene rings is 2. The number of sulfonamides is 1. The molecule has 10 heteroatoms. The Kier molecular flexibility index (Phi) is 9.61. The van der Waals surface area contributed by atoms with Crippen molar-refractivity contribution < 1.29 is 18.0 Å². The summed E-state index contributed by atoms with van der Waals surface area (Å²) >= 11 is 9.35. The fourth-order valence-electron chi connectivity index (χ4n) is 4.16. The predicted octanol–water partition coefficient (Wildman–Crippen LogP) is 4.73. The van der Waals surface area contributed by atoms with Crippen LogP contribution in [0.5, 0.6) is 0 Å². The van der Waals surface area contributed by atoms with Crippen LogP contribution in [0.2, 0.25) is 5.02 Å². The average molecular weight is 585 g/mol. The van der Waals surface area contributed by atoms with Crippen molar-refractivity contribution in [3.05, 3.63) is 63.6 Å². The van der Waals surface area contributed by atoms with Gasteiger partial charge >= 0.3 is 0 Å². The molecule has 0 spiro atoms. The Morgan fingerprint density at radius 2 is 1.66 bits per heavy atom. The van der Waals surface area contributed by atoms with E-state index >= 15 is 0 Å². The summed E-state index contributed by atoms with van der Waals surface area (Å²) < 4.78 is 27.0. The number of hydrogen-bond acceptors (Lipinski definition) is 4. The van der Waals surface area contributed by atoms with Gasteiger partial charge in [-0.2, -0.15) is 0 Å². The highest BCUT2D eigenvalue weighted by Crippen LogP contribution is 2.22. The predicted molar refractivity (Wildman–Crippen MR) is 143 cm³/mol. The monoisotopic (exact) mass is 583 g/mol. The number of rotatable bonds is 9. The molecule has 2 aromatic rings. The van der Waals surface area contributed by atoms with Crippen molar-refractivity contribution in [3.63, 3.8) is 0 Å². The van der Waals surface area contributed by atoms with Gasteiger partial charge in [0.2, 0.25) is 21.8 Å². The van der Waals surface area contributed by atoms with E-state index in [0.29, 0.717) is 10.7 Å². The zero-order valence-electron chi connectivity index (χ0n) is 19.9. The van der Waals surface area contributed by atoms with E-state index in [-0.39, 0.29) is 18.5 Å². The van der Waals surface area contributed by atoms with E-state index in [1.165, 1.54) is 11.3 Å². The minimum absolute atomic E-state index is 0.0986. The molecule has 2 amide bonds. The number of halogens is 2. The molecule has 0 aliphatic heterocycles. The summed E-state index contributed by atoms with van der Waals surface area (Å²) in [5.74, 6) is -0.714. The van der Waals surface area contributed by atoms with Crippen LogP contribution in [-0.4, -0.2) is 50.0 Å². The van der Waals surface area contributed by atoms with Crippen LogP contribution < -0.4 is 9.62 Å². The van der Waals surface area contributed by atoms with Crippen molar-refractivity contribution >= 4 is 55.1 Å². The molecular weight excluding hydrogens is 554 g/mol. The minimum atomic E-state index is -3.75. The third kappa shape index (κ3) is 7.95. The summed E-state index contributed by atoms with van der Waals surface area (Å²) in [7, 11) is -3.75. The molecule has 3 rings (SSSR count). The van der Waals surface area contributed by atoms with Crippen molar-refractivity contribution in [2.75, 3.05) is 17.1 Å². The largest absolute Gasteiger partial charge is 0.352 e. The van der Waals surface area contributed by atoms with Crippen LogP contribution in [0.25, 0.3) is 0 Å². The van der Waals surface area contributed by atoms with Gasteiger partial charge < -0.3 is 10.2 Å². The molecule has 35 heavy (non-hydrogen) atoms. The molecule has 0 saturated heterocycles. The van der Waals surface area contributed by atoms with Crippen LogP contribution in [0.15, 0.2) is 53.0 Å². The highest BCUT2D eigenvalue weighted by Gasteiger charge is 2.31. The molecular formula is C25H31BrClN3O4S. The van der Waals surface area contributed by atoms with Gasteiger partial charge in [-0.25, -0.2) is 8.42 Å². The van der Waals surface area contributed by atoms with Gasteiger partial charge in [0, 0.05) is 22.1 Å². The van der Waals surface area contributed by atoms with Crippen molar-refractivity contribution in [3.8, 4) is 0 Å². The van der Waals surface area contributed by atoms with Crippen LogP contribution in [0.3, 0.4) is 0 Å². The summed E-state index contributed by atoms with van der Waals surface area (Å²) in [6.07, 6.45) is 6.22. The molecule has 1 saturated carbocycles. The van der Waals surface area contributed by atoms with Gasteiger partial charge in [0.15, 0.2) is 0 Å². The number of carbonyl (C=O) groups is 2. The molecule has 1 atom stereocenters. The lowest BCUT2D eigenvalue weighted by atomic mass is 9.95. The number of hydrogen-bond donors (Lipinski definition) is 1. The first kappa shape index (κ1) is 27.5. The second-order valence-corrected chi connectivity index (χ2v) is 12.2. The maximum atomic E-state index is 13.6. The van der Waals surface area contributed by atoms with Crippen molar-refractivity contribution in [1.29, 1.82) is 0 Å². The van der Waals surface area contributed by atoms with E-state index in [1.807, 2.05) is 0 Å². The number of nitrogens with one attached hydrogen (secondary N) is 1. The molecule has 7 nitrogen and oxygen atoms in total. The molecule has 0 bridgehead atoms. The third-order valence-electron chi connectivity index (χ3n) is 6.18. The smallest absolute Gasteiger partial charge is 0.244 e. The number of anilines is 1. The van der Waals surface area contributed by atoms with Crippen LogP contribution >= 0.6 is 27.5 Å². The second-order valence-electron chi connectivity index (χ2n) is 8.91. The maximum absolute atomic E-state index is 13.6. The summed E-state index contributed by atoms with van der Waals surface area (Å²) in [6.45, 7) is 1.40. The fraction of sp³-hybridized carbons (Fsp3) is 0.440. The molecule has 1 fully saturated rings. The molecule has 0 unspecified atom stereocenters. The lowest BCUT2D eigenvalue weighted by molar-refractivity contribution is -0.139. The SMILES string of the molecule is C[C@H](C(=O)NC1CCCCC1)N(Cc1ccc(Cl)cc1)C(=O)CN(c1ccc(Br)cc1)S(C)(=O)=O. The van der Waals surface area contributed by atoms with Gasteiger partial charge in [0.05, 0.1) is 11.9 Å². The Hall–Kier alpha value is -2.10.